The molecular weight excluding hydrogens is 481 g/mol. The van der Waals surface area contributed by atoms with Crippen molar-refractivity contribution in [2.45, 2.75) is 57.5 Å². The molecule has 2 aromatic rings. The van der Waals surface area contributed by atoms with Gasteiger partial charge in [0.1, 0.15) is 11.5 Å². The summed E-state index contributed by atoms with van der Waals surface area (Å²) in [6, 6.07) is 10.1. The van der Waals surface area contributed by atoms with E-state index in [1.807, 2.05) is 4.90 Å². The smallest absolute Gasteiger partial charge is 0.270 e. The molecule has 2 saturated heterocycles. The van der Waals surface area contributed by atoms with Gasteiger partial charge in [0.25, 0.3) is 11.8 Å². The number of hydrogen-bond donors (Lipinski definition) is 1. The van der Waals surface area contributed by atoms with Gasteiger partial charge in [-0.1, -0.05) is 31.4 Å². The summed E-state index contributed by atoms with van der Waals surface area (Å²) >= 11 is 0. The highest BCUT2D eigenvalue weighted by Crippen LogP contribution is 2.25. The lowest BCUT2D eigenvalue weighted by atomic mass is 9.88. The molecule has 2 amide bonds. The zero-order valence-corrected chi connectivity index (χ0v) is 22.3. The maximum atomic E-state index is 13.1. The van der Waals surface area contributed by atoms with Crippen LogP contribution in [-0.4, -0.2) is 83.4 Å². The normalized spacial score (nSPS) is 20.4. The van der Waals surface area contributed by atoms with Crippen molar-refractivity contribution in [3.63, 3.8) is 0 Å². The summed E-state index contributed by atoms with van der Waals surface area (Å²) in [4.78, 5) is 36.8. The summed E-state index contributed by atoms with van der Waals surface area (Å²) in [7, 11) is 0. The number of piperazine rings is 1. The average Bonchev–Trinajstić information content (AvgIpc) is 2.96. The summed E-state index contributed by atoms with van der Waals surface area (Å²) in [6.45, 7) is 6.81. The number of carbonyl (C=O) groups is 2. The summed E-state index contributed by atoms with van der Waals surface area (Å²) in [6.07, 6.45) is 10.4. The molecule has 0 bridgehead atoms. The second kappa shape index (κ2) is 12.8. The fraction of sp³-hybridized carbons (Fsp3) is 0.567. The lowest BCUT2D eigenvalue weighted by molar-refractivity contribution is 0.0627. The first-order valence-electron chi connectivity index (χ1n) is 14.3. The molecular formula is C30H40FN5O2. The molecule has 7 nitrogen and oxygen atoms in total. The molecule has 1 aromatic carbocycles. The number of aromatic nitrogens is 1. The number of carbonyl (C=O) groups excluding carboxylic acids is 2. The number of likely N-dealkylation sites (tertiary alicyclic amines) is 1. The largest absolute Gasteiger partial charge is 0.348 e. The Hall–Kier alpha value is -2.84. The van der Waals surface area contributed by atoms with Crippen LogP contribution < -0.4 is 5.32 Å². The second-order valence-electron chi connectivity index (χ2n) is 11.2. The third kappa shape index (κ3) is 7.17. The fourth-order valence-electron chi connectivity index (χ4n) is 6.05. The summed E-state index contributed by atoms with van der Waals surface area (Å²) in [5, 5.41) is 3.15. The van der Waals surface area contributed by atoms with Crippen LogP contribution in [-0.2, 0) is 6.54 Å². The van der Waals surface area contributed by atoms with Gasteiger partial charge in [-0.05, 0) is 61.4 Å². The number of benzene rings is 1. The second-order valence-corrected chi connectivity index (χ2v) is 11.2. The molecule has 1 aromatic heterocycles. The fourth-order valence-corrected chi connectivity index (χ4v) is 6.05. The van der Waals surface area contributed by atoms with E-state index < -0.39 is 0 Å². The van der Waals surface area contributed by atoms with Gasteiger partial charge >= 0.3 is 0 Å². The van der Waals surface area contributed by atoms with E-state index in [1.165, 1.54) is 57.0 Å². The number of piperidine rings is 1. The summed E-state index contributed by atoms with van der Waals surface area (Å²) in [5.74, 6) is 0.401. The first-order valence-corrected chi connectivity index (χ1v) is 14.3. The molecule has 3 heterocycles. The Balaban J connectivity index is 1.04. The SMILES string of the molecule is O=C(NC1CCN(CC2CCCCC2)CC1)c1ccc(C(=O)N2CCN(Cc3ccc(F)cc3)CC2)cn1. The average molecular weight is 522 g/mol. The highest BCUT2D eigenvalue weighted by Gasteiger charge is 2.25. The van der Waals surface area contributed by atoms with Gasteiger partial charge in [-0.15, -0.1) is 0 Å². The predicted molar refractivity (Wildman–Crippen MR) is 145 cm³/mol. The van der Waals surface area contributed by atoms with Crippen molar-refractivity contribution in [3.05, 3.63) is 65.2 Å². The molecule has 0 spiro atoms. The van der Waals surface area contributed by atoms with Crippen molar-refractivity contribution in [1.29, 1.82) is 0 Å². The summed E-state index contributed by atoms with van der Waals surface area (Å²) in [5.41, 5.74) is 1.93. The van der Waals surface area contributed by atoms with E-state index >= 15 is 0 Å². The molecule has 8 heteroatoms. The van der Waals surface area contributed by atoms with Crippen molar-refractivity contribution in [2.24, 2.45) is 5.92 Å². The standard InChI is InChI=1S/C30H40FN5O2/c31-26-9-6-24(7-10-26)22-35-16-18-36(19-17-35)30(38)25-8-11-28(32-20-25)29(37)33-27-12-14-34(15-13-27)21-23-4-2-1-3-5-23/h6-11,20,23,27H,1-5,12-19,21-22H2,(H,33,37). The van der Waals surface area contributed by atoms with E-state index in [9.17, 15) is 14.0 Å². The lowest BCUT2D eigenvalue weighted by Crippen LogP contribution is -2.48. The van der Waals surface area contributed by atoms with E-state index in [0.29, 0.717) is 24.3 Å². The molecule has 0 unspecified atom stereocenters. The van der Waals surface area contributed by atoms with Crippen molar-refractivity contribution in [3.8, 4) is 0 Å². The van der Waals surface area contributed by atoms with Crippen LogP contribution in [0.25, 0.3) is 0 Å². The van der Waals surface area contributed by atoms with Crippen molar-refractivity contribution in [2.75, 3.05) is 45.8 Å². The van der Waals surface area contributed by atoms with Gasteiger partial charge in [0, 0.05) is 64.6 Å². The van der Waals surface area contributed by atoms with Gasteiger partial charge in [0.2, 0.25) is 0 Å². The molecule has 3 fully saturated rings. The highest BCUT2D eigenvalue weighted by atomic mass is 19.1. The number of nitrogens with one attached hydrogen (secondary N) is 1. The molecule has 1 aliphatic carbocycles. The van der Waals surface area contributed by atoms with Gasteiger partial charge in [-0.2, -0.15) is 0 Å². The number of hydrogen-bond acceptors (Lipinski definition) is 5. The van der Waals surface area contributed by atoms with Crippen LogP contribution in [0.1, 0.15) is 71.4 Å². The molecule has 1 saturated carbocycles. The van der Waals surface area contributed by atoms with Crippen LogP contribution in [0, 0.1) is 11.7 Å². The van der Waals surface area contributed by atoms with Gasteiger partial charge in [0.05, 0.1) is 5.56 Å². The predicted octanol–water partition coefficient (Wildman–Crippen LogP) is 3.95. The first-order chi connectivity index (χ1) is 18.5. The first kappa shape index (κ1) is 26.8. The van der Waals surface area contributed by atoms with Gasteiger partial charge < -0.3 is 15.1 Å². The number of pyridine rings is 1. The van der Waals surface area contributed by atoms with Crippen molar-refractivity contribution >= 4 is 11.8 Å². The Morgan fingerprint density at radius 1 is 0.842 bits per heavy atom. The van der Waals surface area contributed by atoms with E-state index in [0.717, 1.165) is 57.0 Å². The van der Waals surface area contributed by atoms with E-state index in [2.05, 4.69) is 20.1 Å². The Labute approximate surface area is 225 Å². The third-order valence-electron chi connectivity index (χ3n) is 8.39. The van der Waals surface area contributed by atoms with Crippen LogP contribution in [0.15, 0.2) is 42.6 Å². The van der Waals surface area contributed by atoms with Gasteiger partial charge in [-0.3, -0.25) is 19.5 Å². The monoisotopic (exact) mass is 521 g/mol. The molecule has 1 N–H and O–H groups in total. The van der Waals surface area contributed by atoms with Crippen LogP contribution in [0.4, 0.5) is 4.39 Å². The Morgan fingerprint density at radius 2 is 1.55 bits per heavy atom. The van der Waals surface area contributed by atoms with Crippen molar-refractivity contribution in [1.82, 2.24) is 25.0 Å². The zero-order valence-electron chi connectivity index (χ0n) is 22.3. The van der Waals surface area contributed by atoms with E-state index in [4.69, 9.17) is 0 Å². The molecule has 3 aliphatic rings. The molecule has 0 radical (unpaired) electrons. The molecule has 204 valence electrons. The molecule has 0 atom stereocenters. The maximum absolute atomic E-state index is 13.1. The number of rotatable bonds is 7. The molecule has 5 rings (SSSR count). The van der Waals surface area contributed by atoms with Gasteiger partial charge in [-0.25, -0.2) is 4.39 Å². The minimum Gasteiger partial charge on any atom is -0.348 e. The van der Waals surface area contributed by atoms with Gasteiger partial charge in [0.15, 0.2) is 0 Å². The minimum atomic E-state index is -0.230. The Morgan fingerprint density at radius 3 is 2.21 bits per heavy atom. The zero-order chi connectivity index (χ0) is 26.3. The van der Waals surface area contributed by atoms with E-state index in [1.54, 1.807) is 24.3 Å². The van der Waals surface area contributed by atoms with Crippen molar-refractivity contribution < 1.29 is 14.0 Å². The maximum Gasteiger partial charge on any atom is 0.270 e. The van der Waals surface area contributed by atoms with Crippen LogP contribution in [0.5, 0.6) is 0 Å². The van der Waals surface area contributed by atoms with E-state index in [-0.39, 0.29) is 23.7 Å². The Kier molecular flexibility index (Phi) is 9.02. The van der Waals surface area contributed by atoms with Crippen LogP contribution >= 0.6 is 0 Å². The number of halogens is 1. The molecule has 38 heavy (non-hydrogen) atoms. The lowest BCUT2D eigenvalue weighted by Gasteiger charge is -2.35. The number of nitrogens with zero attached hydrogens (tertiary/aromatic N) is 4. The Bertz CT molecular complexity index is 1060. The third-order valence-corrected chi connectivity index (χ3v) is 8.39. The topological polar surface area (TPSA) is 68.8 Å². The quantitative estimate of drug-likeness (QED) is 0.598. The number of amides is 2. The minimum absolute atomic E-state index is 0.0590. The highest BCUT2D eigenvalue weighted by molar-refractivity contribution is 5.96. The van der Waals surface area contributed by atoms with Crippen LogP contribution in [0.2, 0.25) is 0 Å². The van der Waals surface area contributed by atoms with Crippen LogP contribution in [0.3, 0.4) is 0 Å². The summed E-state index contributed by atoms with van der Waals surface area (Å²) < 4.78 is 13.1. The molecule has 2 aliphatic heterocycles.